The number of nitriles is 1. The van der Waals surface area contributed by atoms with Crippen LogP contribution in [0.3, 0.4) is 0 Å². The smallest absolute Gasteiger partial charge is 0.259 e. The highest BCUT2D eigenvalue weighted by molar-refractivity contribution is 9.10. The van der Waals surface area contributed by atoms with Crippen LogP contribution in [0.25, 0.3) is 5.65 Å². The average Bonchev–Trinajstić information content (AvgIpc) is 3.00. The quantitative estimate of drug-likeness (QED) is 0.694. The molecule has 0 unspecified atom stereocenters. The zero-order valence-corrected chi connectivity index (χ0v) is 14.6. The normalized spacial score (nSPS) is 10.4. The predicted molar refractivity (Wildman–Crippen MR) is 93.3 cm³/mol. The van der Waals surface area contributed by atoms with Gasteiger partial charge in [-0.25, -0.2) is 4.98 Å². The number of ether oxygens (including phenoxy) is 1. The van der Waals surface area contributed by atoms with Crippen molar-refractivity contribution in [3.05, 3.63) is 58.5 Å². The summed E-state index contributed by atoms with van der Waals surface area (Å²) in [5.74, 6) is 0.256. The van der Waals surface area contributed by atoms with Crippen LogP contribution in [0.1, 0.15) is 15.9 Å². The van der Waals surface area contributed by atoms with Gasteiger partial charge in [-0.3, -0.25) is 9.20 Å². The SMILES string of the molecule is COc1cc(N(C)C(=O)c2ccc3ncc(Br)n3c2)ccc1C#N. The molecule has 0 bridgehead atoms. The minimum Gasteiger partial charge on any atom is -0.495 e. The van der Waals surface area contributed by atoms with Crippen molar-refractivity contribution < 1.29 is 9.53 Å². The minimum absolute atomic E-state index is 0.177. The number of rotatable bonds is 3. The van der Waals surface area contributed by atoms with E-state index in [0.717, 1.165) is 10.3 Å². The summed E-state index contributed by atoms with van der Waals surface area (Å²) in [5.41, 5.74) is 2.33. The first kappa shape index (κ1) is 16.0. The van der Waals surface area contributed by atoms with E-state index in [0.29, 0.717) is 22.6 Å². The number of amides is 1. The van der Waals surface area contributed by atoms with Crippen molar-refractivity contribution in [2.24, 2.45) is 0 Å². The van der Waals surface area contributed by atoms with Crippen molar-refractivity contribution in [1.29, 1.82) is 5.26 Å². The third kappa shape index (κ3) is 2.72. The third-order valence-corrected chi connectivity index (χ3v) is 4.29. The lowest BCUT2D eigenvalue weighted by Crippen LogP contribution is -2.26. The molecule has 0 atom stereocenters. The molecule has 6 nitrogen and oxygen atoms in total. The molecular weight excluding hydrogens is 372 g/mol. The summed E-state index contributed by atoms with van der Waals surface area (Å²) in [6, 6.07) is 10.6. The molecule has 1 aromatic carbocycles. The van der Waals surface area contributed by atoms with E-state index in [9.17, 15) is 4.79 Å². The van der Waals surface area contributed by atoms with Crippen LogP contribution in [0, 0.1) is 11.3 Å². The molecule has 0 aliphatic rings. The van der Waals surface area contributed by atoms with Gasteiger partial charge in [0.2, 0.25) is 0 Å². The van der Waals surface area contributed by atoms with E-state index >= 15 is 0 Å². The standard InChI is InChI=1S/C17H13BrN4O2/c1-21(13-5-3-11(8-19)14(7-13)24-2)17(23)12-4-6-16-20-9-15(18)22(16)10-12/h3-7,9-10H,1-2H3. The van der Waals surface area contributed by atoms with Crippen LogP contribution in [-0.2, 0) is 0 Å². The van der Waals surface area contributed by atoms with Crippen LogP contribution in [-0.4, -0.2) is 29.4 Å². The first-order valence-corrected chi connectivity index (χ1v) is 7.83. The fourth-order valence-electron chi connectivity index (χ4n) is 2.37. The Kier molecular flexibility index (Phi) is 4.23. The highest BCUT2D eigenvalue weighted by atomic mass is 79.9. The van der Waals surface area contributed by atoms with Crippen LogP contribution < -0.4 is 9.64 Å². The zero-order chi connectivity index (χ0) is 17.3. The number of halogens is 1. The summed E-state index contributed by atoms with van der Waals surface area (Å²) >= 11 is 3.40. The second-order valence-corrected chi connectivity index (χ2v) is 5.90. The number of benzene rings is 1. The number of nitrogens with zero attached hydrogens (tertiary/aromatic N) is 4. The van der Waals surface area contributed by atoms with Gasteiger partial charge in [0.25, 0.3) is 5.91 Å². The molecule has 0 saturated carbocycles. The molecule has 120 valence electrons. The van der Waals surface area contributed by atoms with Gasteiger partial charge in [0.15, 0.2) is 0 Å². The average molecular weight is 385 g/mol. The first-order valence-electron chi connectivity index (χ1n) is 7.04. The number of carbonyl (C=O) groups excluding carboxylic acids is 1. The van der Waals surface area contributed by atoms with Gasteiger partial charge < -0.3 is 9.64 Å². The minimum atomic E-state index is -0.177. The fourth-order valence-corrected chi connectivity index (χ4v) is 2.76. The van der Waals surface area contributed by atoms with Crippen LogP contribution in [0.15, 0.2) is 47.3 Å². The monoisotopic (exact) mass is 384 g/mol. The maximum Gasteiger partial charge on any atom is 0.259 e. The maximum absolute atomic E-state index is 12.7. The largest absolute Gasteiger partial charge is 0.495 e. The summed E-state index contributed by atoms with van der Waals surface area (Å²) in [7, 11) is 3.17. The van der Waals surface area contributed by atoms with E-state index in [1.807, 2.05) is 0 Å². The molecule has 0 saturated heterocycles. The Morgan fingerprint density at radius 2 is 2.17 bits per heavy atom. The van der Waals surface area contributed by atoms with Crippen molar-refractivity contribution in [3.63, 3.8) is 0 Å². The number of fused-ring (bicyclic) bond motifs is 1. The number of hydrogen-bond donors (Lipinski definition) is 0. The lowest BCUT2D eigenvalue weighted by atomic mass is 10.1. The topological polar surface area (TPSA) is 70.6 Å². The molecule has 24 heavy (non-hydrogen) atoms. The molecule has 1 amide bonds. The predicted octanol–water partition coefficient (Wildman–Crippen LogP) is 3.25. The van der Waals surface area contributed by atoms with E-state index in [1.165, 1.54) is 12.0 Å². The Labute approximate surface area is 147 Å². The summed E-state index contributed by atoms with van der Waals surface area (Å²) in [6.45, 7) is 0. The van der Waals surface area contributed by atoms with Gasteiger partial charge in [0.05, 0.1) is 24.4 Å². The van der Waals surface area contributed by atoms with Crippen LogP contribution in [0.5, 0.6) is 5.75 Å². The van der Waals surface area contributed by atoms with Crippen molar-refractivity contribution in [2.45, 2.75) is 0 Å². The van der Waals surface area contributed by atoms with Crippen molar-refractivity contribution in [1.82, 2.24) is 9.38 Å². The Hall–Kier alpha value is -2.85. The van der Waals surface area contributed by atoms with E-state index in [1.54, 1.807) is 54.2 Å². The molecule has 2 heterocycles. The number of methoxy groups -OCH3 is 1. The summed E-state index contributed by atoms with van der Waals surface area (Å²) in [5, 5.41) is 9.05. The van der Waals surface area contributed by atoms with Crippen molar-refractivity contribution >= 4 is 33.2 Å². The second kappa shape index (κ2) is 6.34. The van der Waals surface area contributed by atoms with Gasteiger partial charge in [-0.2, -0.15) is 5.26 Å². The fraction of sp³-hybridized carbons (Fsp3) is 0.118. The van der Waals surface area contributed by atoms with Gasteiger partial charge in [-0.15, -0.1) is 0 Å². The molecule has 0 fully saturated rings. The molecular formula is C17H13BrN4O2. The van der Waals surface area contributed by atoms with Crippen LogP contribution >= 0.6 is 15.9 Å². The van der Waals surface area contributed by atoms with Crippen LogP contribution in [0.2, 0.25) is 0 Å². The van der Waals surface area contributed by atoms with Gasteiger partial charge >= 0.3 is 0 Å². The lowest BCUT2D eigenvalue weighted by Gasteiger charge is -2.18. The van der Waals surface area contributed by atoms with E-state index in [4.69, 9.17) is 10.00 Å². The number of aromatic nitrogens is 2. The van der Waals surface area contributed by atoms with Gasteiger partial charge in [0, 0.05) is 25.0 Å². The Morgan fingerprint density at radius 3 is 2.88 bits per heavy atom. The van der Waals surface area contributed by atoms with Crippen molar-refractivity contribution in [3.8, 4) is 11.8 Å². The number of anilines is 1. The first-order chi connectivity index (χ1) is 11.5. The van der Waals surface area contributed by atoms with Crippen molar-refractivity contribution in [2.75, 3.05) is 19.1 Å². The van der Waals surface area contributed by atoms with E-state index < -0.39 is 0 Å². The molecule has 3 rings (SSSR count). The molecule has 2 aromatic heterocycles. The zero-order valence-electron chi connectivity index (χ0n) is 13.0. The molecule has 7 heteroatoms. The number of hydrogen-bond acceptors (Lipinski definition) is 4. The van der Waals surface area contributed by atoms with E-state index in [2.05, 4.69) is 27.0 Å². The Balaban J connectivity index is 1.96. The lowest BCUT2D eigenvalue weighted by molar-refractivity contribution is 0.0992. The van der Waals surface area contributed by atoms with Gasteiger partial charge in [-0.05, 0) is 40.2 Å². The maximum atomic E-state index is 12.7. The Morgan fingerprint density at radius 1 is 1.38 bits per heavy atom. The Bertz CT molecular complexity index is 974. The second-order valence-electron chi connectivity index (χ2n) is 5.09. The summed E-state index contributed by atoms with van der Waals surface area (Å²) in [4.78, 5) is 18.5. The van der Waals surface area contributed by atoms with Gasteiger partial charge in [0.1, 0.15) is 22.1 Å². The molecule has 0 radical (unpaired) electrons. The number of pyridine rings is 1. The molecule has 0 aliphatic heterocycles. The van der Waals surface area contributed by atoms with E-state index in [-0.39, 0.29) is 5.91 Å². The third-order valence-electron chi connectivity index (χ3n) is 3.70. The molecule has 0 aliphatic carbocycles. The highest BCUT2D eigenvalue weighted by Crippen LogP contribution is 2.25. The molecule has 0 N–H and O–H groups in total. The highest BCUT2D eigenvalue weighted by Gasteiger charge is 2.16. The number of imidazole rings is 1. The summed E-state index contributed by atoms with van der Waals surface area (Å²) < 4.78 is 7.76. The number of carbonyl (C=O) groups is 1. The molecule has 0 spiro atoms. The molecule has 3 aromatic rings. The van der Waals surface area contributed by atoms with Crippen LogP contribution in [0.4, 0.5) is 5.69 Å². The van der Waals surface area contributed by atoms with Gasteiger partial charge in [-0.1, -0.05) is 0 Å². The summed E-state index contributed by atoms with van der Waals surface area (Å²) in [6.07, 6.45) is 3.41.